The van der Waals surface area contributed by atoms with Crippen molar-refractivity contribution in [3.63, 3.8) is 0 Å². The summed E-state index contributed by atoms with van der Waals surface area (Å²) in [6.07, 6.45) is 0. The van der Waals surface area contributed by atoms with Crippen LogP contribution in [-0.2, 0) is 0 Å². The van der Waals surface area contributed by atoms with E-state index >= 15 is 0 Å². The molecule has 7 heteroatoms. The van der Waals surface area contributed by atoms with Crippen molar-refractivity contribution in [1.29, 1.82) is 0 Å². The summed E-state index contributed by atoms with van der Waals surface area (Å²) < 4.78 is 1.60. The van der Waals surface area contributed by atoms with Gasteiger partial charge < -0.3 is 5.73 Å². The molecule has 21 heavy (non-hydrogen) atoms. The first-order chi connectivity index (χ1) is 10.1. The highest BCUT2D eigenvalue weighted by molar-refractivity contribution is 6.33. The minimum atomic E-state index is 0.512. The molecular formula is C14H11Cl2N5. The molecular weight excluding hydrogens is 309 g/mol. The van der Waals surface area contributed by atoms with Crippen LogP contribution >= 0.6 is 23.2 Å². The Morgan fingerprint density at radius 3 is 2.71 bits per heavy atom. The third-order valence-electron chi connectivity index (χ3n) is 3.10. The zero-order valence-electron chi connectivity index (χ0n) is 11.1. The number of nitrogen functional groups attached to an aromatic ring is 1. The summed E-state index contributed by atoms with van der Waals surface area (Å²) in [6.45, 7) is 1.96. The molecule has 0 saturated carbocycles. The molecule has 0 radical (unpaired) electrons. The SMILES string of the molecule is Cc1ccc(Cl)cc1-n1nnnc1-c1cc(N)ccc1Cl. The maximum atomic E-state index is 6.23. The van der Waals surface area contributed by atoms with Crippen LogP contribution in [0.5, 0.6) is 0 Å². The van der Waals surface area contributed by atoms with Gasteiger partial charge in [0.1, 0.15) is 0 Å². The molecule has 3 rings (SSSR count). The first-order valence-electron chi connectivity index (χ1n) is 6.16. The Labute approximate surface area is 131 Å². The second-order valence-corrected chi connectivity index (χ2v) is 5.43. The molecule has 0 saturated heterocycles. The lowest BCUT2D eigenvalue weighted by molar-refractivity contribution is 0.787. The summed E-state index contributed by atoms with van der Waals surface area (Å²) in [4.78, 5) is 0. The van der Waals surface area contributed by atoms with Crippen molar-refractivity contribution in [3.8, 4) is 17.1 Å². The zero-order chi connectivity index (χ0) is 15.0. The molecule has 1 heterocycles. The predicted octanol–water partition coefficient (Wildman–Crippen LogP) is 3.53. The minimum absolute atomic E-state index is 0.512. The molecule has 0 bridgehead atoms. The van der Waals surface area contributed by atoms with Crippen molar-refractivity contribution in [1.82, 2.24) is 20.2 Å². The van der Waals surface area contributed by atoms with Crippen LogP contribution in [0.2, 0.25) is 10.0 Å². The zero-order valence-corrected chi connectivity index (χ0v) is 12.6. The Morgan fingerprint density at radius 2 is 1.90 bits per heavy atom. The number of tetrazole rings is 1. The molecule has 0 fully saturated rings. The van der Waals surface area contributed by atoms with Gasteiger partial charge in [-0.2, -0.15) is 4.68 Å². The lowest BCUT2D eigenvalue weighted by atomic mass is 10.1. The van der Waals surface area contributed by atoms with Gasteiger partial charge in [0.05, 0.1) is 10.7 Å². The average molecular weight is 320 g/mol. The quantitative estimate of drug-likeness (QED) is 0.733. The summed E-state index contributed by atoms with van der Waals surface area (Å²) in [5.74, 6) is 0.512. The number of nitrogens with zero attached hydrogens (tertiary/aromatic N) is 4. The van der Waals surface area contributed by atoms with Crippen LogP contribution in [0.25, 0.3) is 17.1 Å². The number of aryl methyl sites for hydroxylation is 1. The number of nitrogens with two attached hydrogens (primary N) is 1. The standard InChI is InChI=1S/C14H11Cl2N5/c1-8-2-3-9(15)6-13(8)21-14(18-19-20-21)11-7-10(17)4-5-12(11)16/h2-7H,17H2,1H3. The predicted molar refractivity (Wildman–Crippen MR) is 83.8 cm³/mol. The fraction of sp³-hybridized carbons (Fsp3) is 0.0714. The molecule has 0 unspecified atom stereocenters. The summed E-state index contributed by atoms with van der Waals surface area (Å²) in [5, 5.41) is 13.0. The number of hydrogen-bond donors (Lipinski definition) is 1. The van der Waals surface area contributed by atoms with E-state index in [2.05, 4.69) is 15.5 Å². The van der Waals surface area contributed by atoms with Gasteiger partial charge in [-0.3, -0.25) is 0 Å². The number of aromatic nitrogens is 4. The van der Waals surface area contributed by atoms with E-state index in [-0.39, 0.29) is 0 Å². The highest BCUT2D eigenvalue weighted by Crippen LogP contribution is 2.30. The lowest BCUT2D eigenvalue weighted by Gasteiger charge is -2.09. The van der Waals surface area contributed by atoms with Gasteiger partial charge in [-0.25, -0.2) is 0 Å². The van der Waals surface area contributed by atoms with Crippen molar-refractivity contribution in [2.45, 2.75) is 6.92 Å². The normalized spacial score (nSPS) is 10.8. The number of rotatable bonds is 2. The molecule has 0 amide bonds. The molecule has 2 N–H and O–H groups in total. The van der Waals surface area contributed by atoms with E-state index in [4.69, 9.17) is 28.9 Å². The highest BCUT2D eigenvalue weighted by atomic mass is 35.5. The first kappa shape index (κ1) is 13.9. The Kier molecular flexibility index (Phi) is 3.53. The number of hydrogen-bond acceptors (Lipinski definition) is 4. The van der Waals surface area contributed by atoms with E-state index in [0.29, 0.717) is 27.1 Å². The second kappa shape index (κ2) is 5.35. The van der Waals surface area contributed by atoms with Crippen LogP contribution < -0.4 is 5.73 Å². The van der Waals surface area contributed by atoms with Crippen LogP contribution in [0.15, 0.2) is 36.4 Å². The number of anilines is 1. The van der Waals surface area contributed by atoms with Crippen molar-refractivity contribution < 1.29 is 0 Å². The van der Waals surface area contributed by atoms with Crippen molar-refractivity contribution in [2.75, 3.05) is 5.73 Å². The lowest BCUT2D eigenvalue weighted by Crippen LogP contribution is -2.02. The molecule has 5 nitrogen and oxygen atoms in total. The molecule has 0 atom stereocenters. The van der Waals surface area contributed by atoms with E-state index in [1.54, 1.807) is 28.9 Å². The van der Waals surface area contributed by atoms with Crippen LogP contribution in [0.1, 0.15) is 5.56 Å². The fourth-order valence-corrected chi connectivity index (χ4v) is 2.41. The van der Waals surface area contributed by atoms with Gasteiger partial charge in [0.2, 0.25) is 0 Å². The van der Waals surface area contributed by atoms with Gasteiger partial charge in [-0.1, -0.05) is 29.3 Å². The summed E-state index contributed by atoms with van der Waals surface area (Å²) in [5.41, 5.74) is 8.86. The van der Waals surface area contributed by atoms with Gasteiger partial charge in [0, 0.05) is 16.3 Å². The molecule has 0 spiro atoms. The van der Waals surface area contributed by atoms with E-state index in [0.717, 1.165) is 11.3 Å². The second-order valence-electron chi connectivity index (χ2n) is 4.58. The highest BCUT2D eigenvalue weighted by Gasteiger charge is 2.15. The average Bonchev–Trinajstić information content (AvgIpc) is 2.93. The van der Waals surface area contributed by atoms with Crippen LogP contribution in [0, 0.1) is 6.92 Å². The molecule has 0 aliphatic rings. The van der Waals surface area contributed by atoms with Crippen molar-refractivity contribution >= 4 is 28.9 Å². The van der Waals surface area contributed by atoms with Crippen LogP contribution in [0.3, 0.4) is 0 Å². The topological polar surface area (TPSA) is 69.6 Å². The van der Waals surface area contributed by atoms with Gasteiger partial charge >= 0.3 is 0 Å². The van der Waals surface area contributed by atoms with E-state index < -0.39 is 0 Å². The van der Waals surface area contributed by atoms with E-state index in [9.17, 15) is 0 Å². The summed E-state index contributed by atoms with van der Waals surface area (Å²) >= 11 is 12.3. The number of halogens is 2. The van der Waals surface area contributed by atoms with Gasteiger partial charge in [-0.15, -0.1) is 5.10 Å². The van der Waals surface area contributed by atoms with Gasteiger partial charge in [0.15, 0.2) is 5.82 Å². The molecule has 3 aromatic rings. The summed E-state index contributed by atoms with van der Waals surface area (Å²) in [7, 11) is 0. The molecule has 2 aromatic carbocycles. The van der Waals surface area contributed by atoms with Gasteiger partial charge in [-0.05, 0) is 53.2 Å². The minimum Gasteiger partial charge on any atom is -0.399 e. The van der Waals surface area contributed by atoms with Crippen LogP contribution in [0.4, 0.5) is 5.69 Å². The largest absolute Gasteiger partial charge is 0.399 e. The third-order valence-corrected chi connectivity index (χ3v) is 3.66. The van der Waals surface area contributed by atoms with E-state index in [1.165, 1.54) is 0 Å². The Hall–Kier alpha value is -2.11. The summed E-state index contributed by atoms with van der Waals surface area (Å²) in [6, 6.07) is 10.7. The molecule has 106 valence electrons. The molecule has 0 aliphatic carbocycles. The third kappa shape index (κ3) is 2.57. The maximum absolute atomic E-state index is 6.23. The van der Waals surface area contributed by atoms with Crippen molar-refractivity contribution in [3.05, 3.63) is 52.0 Å². The smallest absolute Gasteiger partial charge is 0.188 e. The Balaban J connectivity index is 2.22. The van der Waals surface area contributed by atoms with Crippen molar-refractivity contribution in [2.24, 2.45) is 0 Å². The Morgan fingerprint density at radius 1 is 1.10 bits per heavy atom. The maximum Gasteiger partial charge on any atom is 0.188 e. The fourth-order valence-electron chi connectivity index (χ4n) is 2.04. The van der Waals surface area contributed by atoms with Crippen LogP contribution in [-0.4, -0.2) is 20.2 Å². The molecule has 0 aliphatic heterocycles. The Bertz CT molecular complexity index is 747. The van der Waals surface area contributed by atoms with Gasteiger partial charge in [0.25, 0.3) is 0 Å². The molecule has 1 aromatic heterocycles. The number of benzene rings is 2. The van der Waals surface area contributed by atoms with E-state index in [1.807, 2.05) is 19.1 Å². The first-order valence-corrected chi connectivity index (χ1v) is 6.92. The monoisotopic (exact) mass is 319 g/mol.